The van der Waals surface area contributed by atoms with Crippen LogP contribution in [0.15, 0.2) is 30.3 Å². The molecule has 0 bridgehead atoms. The van der Waals surface area contributed by atoms with Crippen LogP contribution in [0.3, 0.4) is 0 Å². The molecule has 0 spiro atoms. The van der Waals surface area contributed by atoms with Gasteiger partial charge >= 0.3 is 0 Å². The highest BCUT2D eigenvalue weighted by molar-refractivity contribution is 7.99. The Morgan fingerprint density at radius 3 is 2.53 bits per heavy atom. The second-order valence-electron chi connectivity index (χ2n) is 5.49. The van der Waals surface area contributed by atoms with Gasteiger partial charge in [0.05, 0.1) is 0 Å². The zero-order chi connectivity index (χ0) is 13.3. The second kappa shape index (κ2) is 8.65. The molecular weight excluding hydrogens is 250 g/mol. The zero-order valence-electron chi connectivity index (χ0n) is 12.1. The van der Waals surface area contributed by atoms with Crippen LogP contribution in [-0.2, 0) is 5.75 Å². The van der Waals surface area contributed by atoms with Gasteiger partial charge < -0.3 is 5.32 Å². The Balaban J connectivity index is 1.89. The highest BCUT2D eigenvalue weighted by Gasteiger charge is 2.22. The SMILES string of the molecule is CCNC1CCCCCCC1SCc1ccccc1. The highest BCUT2D eigenvalue weighted by Crippen LogP contribution is 2.29. The lowest BCUT2D eigenvalue weighted by Gasteiger charge is -2.29. The lowest BCUT2D eigenvalue weighted by Crippen LogP contribution is -2.38. The first-order valence-electron chi connectivity index (χ1n) is 7.79. The Kier molecular flexibility index (Phi) is 6.80. The van der Waals surface area contributed by atoms with Crippen molar-refractivity contribution in [3.8, 4) is 0 Å². The van der Waals surface area contributed by atoms with Crippen molar-refractivity contribution in [3.05, 3.63) is 35.9 Å². The molecule has 2 rings (SSSR count). The summed E-state index contributed by atoms with van der Waals surface area (Å²) in [4.78, 5) is 0. The standard InChI is InChI=1S/C17H27NS/c1-2-18-16-12-8-3-4-9-13-17(16)19-14-15-10-6-5-7-11-15/h5-7,10-11,16-18H,2-4,8-9,12-14H2,1H3. The number of rotatable bonds is 5. The molecule has 1 saturated carbocycles. The Morgan fingerprint density at radius 2 is 1.79 bits per heavy atom. The molecule has 0 aromatic heterocycles. The van der Waals surface area contributed by atoms with Crippen molar-refractivity contribution >= 4 is 11.8 Å². The van der Waals surface area contributed by atoms with E-state index < -0.39 is 0 Å². The maximum atomic E-state index is 3.72. The first kappa shape index (κ1) is 14.9. The van der Waals surface area contributed by atoms with Crippen molar-refractivity contribution < 1.29 is 0 Å². The first-order chi connectivity index (χ1) is 9.40. The van der Waals surface area contributed by atoms with Crippen LogP contribution in [0.2, 0.25) is 0 Å². The predicted octanol–water partition coefficient (Wildman–Crippen LogP) is 4.62. The third-order valence-electron chi connectivity index (χ3n) is 3.98. The molecule has 1 nitrogen and oxygen atoms in total. The molecule has 1 aromatic carbocycles. The van der Waals surface area contributed by atoms with Crippen LogP contribution in [-0.4, -0.2) is 17.8 Å². The van der Waals surface area contributed by atoms with Crippen LogP contribution in [0.4, 0.5) is 0 Å². The quantitative estimate of drug-likeness (QED) is 0.843. The molecular formula is C17H27NS. The van der Waals surface area contributed by atoms with Gasteiger partial charge in [0.2, 0.25) is 0 Å². The molecule has 1 aliphatic rings. The monoisotopic (exact) mass is 277 g/mol. The van der Waals surface area contributed by atoms with Gasteiger partial charge in [-0.2, -0.15) is 11.8 Å². The van der Waals surface area contributed by atoms with Gasteiger partial charge in [-0.05, 0) is 24.9 Å². The van der Waals surface area contributed by atoms with Crippen molar-refractivity contribution in [2.45, 2.75) is 62.5 Å². The fraction of sp³-hybridized carbons (Fsp3) is 0.647. The van der Waals surface area contributed by atoms with Crippen LogP contribution in [0.1, 0.15) is 51.0 Å². The number of benzene rings is 1. The normalized spacial score (nSPS) is 24.7. The van der Waals surface area contributed by atoms with Crippen molar-refractivity contribution in [2.75, 3.05) is 6.54 Å². The zero-order valence-corrected chi connectivity index (χ0v) is 12.9. The molecule has 1 aromatic rings. The van der Waals surface area contributed by atoms with E-state index in [0.29, 0.717) is 0 Å². The summed E-state index contributed by atoms with van der Waals surface area (Å²) in [6.45, 7) is 3.34. The summed E-state index contributed by atoms with van der Waals surface area (Å²) in [6, 6.07) is 11.6. The van der Waals surface area contributed by atoms with Crippen molar-refractivity contribution in [2.24, 2.45) is 0 Å². The van der Waals surface area contributed by atoms with Crippen molar-refractivity contribution in [1.29, 1.82) is 0 Å². The van der Waals surface area contributed by atoms with E-state index in [2.05, 4.69) is 54.3 Å². The molecule has 2 atom stereocenters. The Morgan fingerprint density at radius 1 is 1.05 bits per heavy atom. The molecule has 0 aliphatic heterocycles. The van der Waals surface area contributed by atoms with Gasteiger partial charge in [0, 0.05) is 17.0 Å². The van der Waals surface area contributed by atoms with Gasteiger partial charge in [-0.1, -0.05) is 62.9 Å². The predicted molar refractivity (Wildman–Crippen MR) is 86.7 cm³/mol. The van der Waals surface area contributed by atoms with Crippen molar-refractivity contribution in [1.82, 2.24) is 5.32 Å². The largest absolute Gasteiger partial charge is 0.313 e. The van der Waals surface area contributed by atoms with Gasteiger partial charge in [-0.15, -0.1) is 0 Å². The molecule has 1 aliphatic carbocycles. The minimum absolute atomic E-state index is 0.721. The van der Waals surface area contributed by atoms with E-state index in [4.69, 9.17) is 0 Å². The van der Waals surface area contributed by atoms with E-state index in [1.165, 1.54) is 44.1 Å². The van der Waals surface area contributed by atoms with Gasteiger partial charge in [-0.25, -0.2) is 0 Å². The lowest BCUT2D eigenvalue weighted by atomic mass is 9.96. The Bertz CT molecular complexity index is 338. The maximum absolute atomic E-state index is 3.72. The van der Waals surface area contributed by atoms with Crippen LogP contribution in [0.5, 0.6) is 0 Å². The summed E-state index contributed by atoms with van der Waals surface area (Å²) in [5.74, 6) is 1.16. The molecule has 2 unspecified atom stereocenters. The summed E-state index contributed by atoms with van der Waals surface area (Å²) in [7, 11) is 0. The lowest BCUT2D eigenvalue weighted by molar-refractivity contribution is 0.406. The van der Waals surface area contributed by atoms with Gasteiger partial charge in [0.1, 0.15) is 0 Å². The van der Waals surface area contributed by atoms with Gasteiger partial charge in [-0.3, -0.25) is 0 Å². The summed E-state index contributed by atoms with van der Waals surface area (Å²) in [5, 5.41) is 4.51. The van der Waals surface area contributed by atoms with Gasteiger partial charge in [0.25, 0.3) is 0 Å². The van der Waals surface area contributed by atoms with Crippen molar-refractivity contribution in [3.63, 3.8) is 0 Å². The Hall–Kier alpha value is -0.470. The second-order valence-corrected chi connectivity index (χ2v) is 6.72. The molecule has 1 fully saturated rings. The Labute approximate surface area is 122 Å². The average molecular weight is 277 g/mol. The summed E-state index contributed by atoms with van der Waals surface area (Å²) in [5.41, 5.74) is 1.46. The van der Waals surface area contributed by atoms with E-state index in [-0.39, 0.29) is 0 Å². The summed E-state index contributed by atoms with van der Waals surface area (Å²) >= 11 is 2.16. The molecule has 19 heavy (non-hydrogen) atoms. The van der Waals surface area contributed by atoms with E-state index in [9.17, 15) is 0 Å². The molecule has 2 heteroatoms. The highest BCUT2D eigenvalue weighted by atomic mass is 32.2. The maximum Gasteiger partial charge on any atom is 0.0204 e. The number of hydrogen-bond donors (Lipinski definition) is 1. The fourth-order valence-electron chi connectivity index (χ4n) is 2.92. The van der Waals surface area contributed by atoms with Crippen LogP contribution >= 0.6 is 11.8 Å². The molecule has 0 radical (unpaired) electrons. The third kappa shape index (κ3) is 5.19. The van der Waals surface area contributed by atoms with E-state index in [1.807, 2.05) is 0 Å². The number of thioether (sulfide) groups is 1. The minimum Gasteiger partial charge on any atom is -0.313 e. The van der Waals surface area contributed by atoms with Crippen LogP contribution in [0, 0.1) is 0 Å². The number of hydrogen-bond acceptors (Lipinski definition) is 2. The molecule has 106 valence electrons. The van der Waals surface area contributed by atoms with Crippen LogP contribution < -0.4 is 5.32 Å². The third-order valence-corrected chi connectivity index (χ3v) is 5.47. The smallest absolute Gasteiger partial charge is 0.0204 e. The first-order valence-corrected chi connectivity index (χ1v) is 8.84. The minimum atomic E-state index is 0.721. The average Bonchev–Trinajstić information content (AvgIpc) is 2.43. The van der Waals surface area contributed by atoms with E-state index in [0.717, 1.165) is 23.6 Å². The molecule has 1 N–H and O–H groups in total. The van der Waals surface area contributed by atoms with E-state index >= 15 is 0 Å². The number of nitrogens with one attached hydrogen (secondary N) is 1. The topological polar surface area (TPSA) is 12.0 Å². The van der Waals surface area contributed by atoms with Crippen LogP contribution in [0.25, 0.3) is 0 Å². The molecule has 0 saturated heterocycles. The fourth-order valence-corrected chi connectivity index (χ4v) is 4.32. The van der Waals surface area contributed by atoms with Gasteiger partial charge in [0.15, 0.2) is 0 Å². The summed E-state index contributed by atoms with van der Waals surface area (Å²) in [6.07, 6.45) is 8.42. The van der Waals surface area contributed by atoms with E-state index in [1.54, 1.807) is 0 Å². The molecule has 0 amide bonds. The molecule has 0 heterocycles. The summed E-state index contributed by atoms with van der Waals surface area (Å²) < 4.78 is 0.